The van der Waals surface area contributed by atoms with Crippen molar-refractivity contribution in [3.8, 4) is 0 Å². The molecule has 4 rings (SSSR count). The van der Waals surface area contributed by atoms with Crippen molar-refractivity contribution in [3.63, 3.8) is 0 Å². The summed E-state index contributed by atoms with van der Waals surface area (Å²) in [7, 11) is -11.8. The van der Waals surface area contributed by atoms with E-state index in [-0.39, 0.29) is 165 Å². The molecule has 0 fully saturated rings. The molecule has 38 heteroatoms. The van der Waals surface area contributed by atoms with Crippen LogP contribution in [-0.2, 0) is 30.4 Å². The number of nitrogens with zero attached hydrogens (tertiary/aromatic N) is 8. The number of hydrogen-bond donors (Lipinski definition) is 14. The fraction of sp³-hybridized carbons (Fsp3) is 0.474. The molecule has 0 saturated heterocycles. The van der Waals surface area contributed by atoms with Gasteiger partial charge >= 0.3 is 118 Å². The van der Waals surface area contributed by atoms with Gasteiger partial charge in [-0.25, -0.2) is 25.3 Å². The van der Waals surface area contributed by atoms with Gasteiger partial charge < -0.3 is 95.8 Å². The van der Waals surface area contributed by atoms with Crippen molar-refractivity contribution in [3.05, 3.63) is 53.6 Å². The zero-order valence-corrected chi connectivity index (χ0v) is 52.3. The zero-order valence-electron chi connectivity index (χ0n) is 41.8. The van der Waals surface area contributed by atoms with Crippen LogP contribution in [0.3, 0.4) is 0 Å². The first-order valence-corrected chi connectivity index (χ1v) is 25.4. The molecule has 76 heavy (non-hydrogen) atoms. The molecular weight excluding hydrogens is 1120 g/mol. The van der Waals surface area contributed by atoms with Crippen LogP contribution in [0.1, 0.15) is 11.1 Å². The molecule has 2 heterocycles. The Hall–Kier alpha value is -1.67. The minimum absolute atomic E-state index is 0. The van der Waals surface area contributed by atoms with Crippen LogP contribution in [-0.4, -0.2) is 234 Å². The van der Waals surface area contributed by atoms with E-state index >= 15 is 0 Å². The van der Waals surface area contributed by atoms with Crippen LogP contribution in [0.2, 0.25) is 0 Å². The Morgan fingerprint density at radius 3 is 1.34 bits per heavy atom. The summed E-state index contributed by atoms with van der Waals surface area (Å²) >= 11 is 0. The Morgan fingerprint density at radius 1 is 0.566 bits per heavy atom. The summed E-state index contributed by atoms with van der Waals surface area (Å²) in [5.41, 5.74) is 0.480. The van der Waals surface area contributed by atoms with Crippen LogP contribution in [0, 0.1) is 6.07 Å². The molecule has 0 bridgehead atoms. The van der Waals surface area contributed by atoms with Crippen molar-refractivity contribution < 1.29 is 208 Å². The van der Waals surface area contributed by atoms with Crippen molar-refractivity contribution in [2.24, 2.45) is 0 Å². The first kappa shape index (κ1) is 74.3. The van der Waals surface area contributed by atoms with E-state index < -0.39 is 135 Å². The Bertz CT molecular complexity index is 2810. The number of aliphatic hydroxyl groups excluding tert-OH is 10. The molecule has 0 spiro atoms. The number of anilines is 8. The molecule has 14 N–H and O–H groups in total. The summed E-state index contributed by atoms with van der Waals surface area (Å²) in [4.78, 5) is 26.5. The minimum Gasteiger partial charge on any atom is -0.748 e. The molecule has 0 radical (unpaired) electrons. The summed E-state index contributed by atoms with van der Waals surface area (Å²) in [6, 6.07) is 10.9. The first-order chi connectivity index (χ1) is 33.6. The van der Waals surface area contributed by atoms with Gasteiger partial charge in [0.05, 0.1) is 49.9 Å². The summed E-state index contributed by atoms with van der Waals surface area (Å²) in [6.07, 6.45) is -12.1. The van der Waals surface area contributed by atoms with Crippen molar-refractivity contribution >= 4 is 89.6 Å². The number of nitrogens with one attached hydrogen (secondary N) is 4. The van der Waals surface area contributed by atoms with Crippen LogP contribution >= 0.6 is 0 Å². The molecule has 2 aromatic carbocycles. The van der Waals surface area contributed by atoms with E-state index in [1.807, 2.05) is 0 Å². The molecule has 0 aliphatic rings. The van der Waals surface area contributed by atoms with Crippen LogP contribution in [0.15, 0.2) is 41.3 Å². The Labute approximate surface area is 525 Å². The molecule has 400 valence electrons. The fourth-order valence-corrected chi connectivity index (χ4v) is 7.41. The van der Waals surface area contributed by atoms with E-state index in [1.54, 1.807) is 0 Å². The maximum atomic E-state index is 12.5. The Balaban J connectivity index is 0.0000141. The Morgan fingerprint density at radius 2 is 0.961 bits per heavy atom. The van der Waals surface area contributed by atoms with E-state index in [1.165, 1.54) is 61.5 Å². The molecule has 0 amide bonds. The van der Waals surface area contributed by atoms with Gasteiger partial charge in [-0.05, 0) is 23.4 Å². The summed E-state index contributed by atoms with van der Waals surface area (Å²) in [5, 5.41) is 110. The quantitative estimate of drug-likeness (QED) is 0.0104. The molecule has 31 nitrogen and oxygen atoms in total. The van der Waals surface area contributed by atoms with Gasteiger partial charge in [0.25, 0.3) is 0 Å². The van der Waals surface area contributed by atoms with Gasteiger partial charge in [0.15, 0.2) is 0 Å². The third kappa shape index (κ3) is 24.6. The number of hydrogen-bond acceptors (Lipinski definition) is 31. The number of aromatic nitrogens is 6. The summed E-state index contributed by atoms with van der Waals surface area (Å²) < 4.78 is 105. The molecule has 4 aromatic rings. The maximum Gasteiger partial charge on any atom is 1.00 e. The van der Waals surface area contributed by atoms with Crippen molar-refractivity contribution in [2.75, 3.05) is 96.1 Å². The van der Waals surface area contributed by atoms with E-state index in [2.05, 4.69) is 57.2 Å². The van der Waals surface area contributed by atoms with E-state index in [4.69, 9.17) is 10.2 Å². The van der Waals surface area contributed by atoms with Crippen molar-refractivity contribution in [1.29, 1.82) is 0 Å². The second-order valence-electron chi connectivity index (χ2n) is 15.6. The third-order valence-corrected chi connectivity index (χ3v) is 12.1. The average molecular weight is 1170 g/mol. The molecule has 8 atom stereocenters. The van der Waals surface area contributed by atoms with Gasteiger partial charge in [-0.15, -0.1) is 30.3 Å². The first-order valence-electron chi connectivity index (χ1n) is 20.9. The molecule has 0 aliphatic heterocycles. The minimum atomic E-state index is -5.19. The van der Waals surface area contributed by atoms with Gasteiger partial charge in [-0.2, -0.15) is 35.5 Å². The topological polar surface area (TPSA) is 506 Å². The van der Waals surface area contributed by atoms with E-state index in [9.17, 15) is 79.8 Å². The monoisotopic (exact) mass is 1170 g/mol. The van der Waals surface area contributed by atoms with Gasteiger partial charge in [0.1, 0.15) is 58.9 Å². The Kier molecular flexibility index (Phi) is 33.2. The van der Waals surface area contributed by atoms with Crippen molar-refractivity contribution in [2.45, 2.75) is 53.7 Å². The molecule has 0 aliphatic carbocycles. The van der Waals surface area contributed by atoms with Gasteiger partial charge in [0, 0.05) is 46.0 Å². The van der Waals surface area contributed by atoms with Crippen molar-refractivity contribution in [1.82, 2.24) is 29.9 Å². The number of likely N-dealkylation sites (N-methyl/N-ethyl adjacent to an activating group) is 2. The van der Waals surface area contributed by atoms with Crippen LogP contribution in [0.4, 0.5) is 47.1 Å². The van der Waals surface area contributed by atoms with E-state index in [0.717, 1.165) is 11.0 Å². The largest absolute Gasteiger partial charge is 1.00 e. The predicted molar refractivity (Wildman–Crippen MR) is 250 cm³/mol. The van der Waals surface area contributed by atoms with Gasteiger partial charge in [-0.1, -0.05) is 12.1 Å². The van der Waals surface area contributed by atoms with Gasteiger partial charge in [-0.3, -0.25) is 0 Å². The van der Waals surface area contributed by atoms with E-state index in [0.29, 0.717) is 11.3 Å². The second kappa shape index (κ2) is 33.9. The maximum absolute atomic E-state index is 12.5. The SMILES string of the molecule is CN(CC(O)C(O)C(O)C(O)CO)c1nc(NCCS(=O)(=O)[O-])nc(Nc2c[c-]c(C=Cc3ccc(Nc4nc(NCCS(=O)(=O)[O-])nc(N(C)CC(O)C(O)C(O)C(O)CO)n4)cc3S(=O)(=O)[O-])cc2)n1.[Na+].[Na+].[Na+].[Na+]. The molecule has 2 aromatic heterocycles. The normalized spacial score (nSPS) is 14.9. The van der Waals surface area contributed by atoms with Gasteiger partial charge in [0.2, 0.25) is 35.7 Å². The van der Waals surface area contributed by atoms with Crippen LogP contribution in [0.25, 0.3) is 12.2 Å². The third-order valence-electron chi connectivity index (χ3n) is 9.85. The summed E-state index contributed by atoms with van der Waals surface area (Å²) in [6.45, 7) is -3.70. The number of aliphatic hydroxyl groups is 10. The smallest absolute Gasteiger partial charge is 0.748 e. The number of rotatable bonds is 29. The standard InChI is InChI=1S/C38H55N12O19S3.4Na/c1-49(16-24(53)29(57)31(59)26(55)18-51)37-45-33(39-11-13-70(61,62)63)43-35(47-37)41-22-8-4-20(5-9-22)3-6-21-7-10-23(15-28(21)72(67,68)69)42-36-44-34(40-12-14-71(64,65)66)46-38(48-36)50(2)17-25(54)30(58)32(60)27(56)19-52;;;;/h3-4,6-10,15,24-27,29-32,51-60H,11-14,16-19H2,1-2H3,(H,61,62,63)(H,64,65,66)(H,67,68,69)(H2,39,41,43,45,47)(H2,40,42,44,46,48);;;;/q-1;4*+1/p-3. The molecular formula is C38H52N12Na4O19S3. The fourth-order valence-electron chi connectivity index (χ4n) is 6.01. The average Bonchev–Trinajstić information content (AvgIpc) is 3.31. The van der Waals surface area contributed by atoms with Crippen LogP contribution in [0.5, 0.6) is 0 Å². The zero-order chi connectivity index (χ0) is 53.7. The second-order valence-corrected chi connectivity index (χ2v) is 20.0. The molecule has 0 saturated carbocycles. The number of benzene rings is 2. The predicted octanol–water partition coefficient (Wildman–Crippen LogP) is -17.9. The van der Waals surface area contributed by atoms with Crippen LogP contribution < -0.4 is 149 Å². The summed E-state index contributed by atoms with van der Waals surface area (Å²) in [5.74, 6) is -3.27. The molecule has 8 unspecified atom stereocenters.